The van der Waals surface area contributed by atoms with Gasteiger partial charge in [0.05, 0.1) is 135 Å². The van der Waals surface area contributed by atoms with Crippen LogP contribution >= 0.6 is 36.1 Å². The molecule has 0 aliphatic heterocycles. The first kappa shape index (κ1) is 96.6. The molecule has 0 saturated heterocycles. The summed E-state index contributed by atoms with van der Waals surface area (Å²) in [7, 11) is -13.2. The Labute approximate surface area is 783 Å². The highest BCUT2D eigenvalue weighted by atomic mass is 32.2. The van der Waals surface area contributed by atoms with Crippen LogP contribution in [-0.4, -0.2) is 175 Å². The SMILES string of the molecule is C=O.Cn1c(=O)c(C(=O)c2cccc(SOOO)c2)c2c3c(c(Nc4cc(Nc5nc(NCCNc6nc(Nc7cc(Nc8ccc9c%10c8C(=O)c8ccccc8-c%10c(C(=O)c8cccc(S(=O)(=O)O)c8)c(=O)n9C)c(S(=O)(=O)O)cc7SOOO)nc(Oc7cc(C(=O)O)cc(C(=O)O)c7)n6)nc(Oc6cc(O)cc(C(=O)O)c6)n5)c(S(=O)(=O)O)cc4SOOO)ccc31)C(=O)c1ccccc1-2. The van der Waals surface area contributed by atoms with Crippen molar-refractivity contribution in [3.63, 3.8) is 0 Å². The van der Waals surface area contributed by atoms with Crippen LogP contribution in [0.2, 0.25) is 0 Å². The normalized spacial score (nSPS) is 11.9. The molecule has 0 amide bonds. The van der Waals surface area contributed by atoms with Crippen molar-refractivity contribution in [1.82, 2.24) is 39.0 Å². The summed E-state index contributed by atoms with van der Waals surface area (Å²) in [5.41, 5.74) is -7.44. The first-order chi connectivity index (χ1) is 65.9. The van der Waals surface area contributed by atoms with Crippen LogP contribution in [0.4, 0.5) is 57.9 Å². The Morgan fingerprint density at radius 2 is 0.797 bits per heavy atom. The third-order valence-electron chi connectivity index (χ3n) is 20.5. The molecule has 54 heteroatoms. The van der Waals surface area contributed by atoms with Crippen molar-refractivity contribution in [2.45, 2.75) is 29.4 Å². The number of aromatic hydroxyl groups is 1. The van der Waals surface area contributed by atoms with Crippen molar-refractivity contribution in [3.05, 3.63) is 264 Å². The van der Waals surface area contributed by atoms with Crippen molar-refractivity contribution in [2.24, 2.45) is 14.1 Å². The third-order valence-corrected chi connectivity index (χ3v) is 25.0. The number of fused-ring (bicyclic) bond motifs is 4. The summed E-state index contributed by atoms with van der Waals surface area (Å²) in [6.45, 7) is 1.19. The molecule has 4 aromatic heterocycles. The monoisotopic (exact) mass is 2000 g/mol. The highest BCUT2D eigenvalue weighted by molar-refractivity contribution is 7.95. The van der Waals surface area contributed by atoms with Gasteiger partial charge in [-0.3, -0.25) is 42.4 Å². The fourth-order valence-electron chi connectivity index (χ4n) is 14.8. The Kier molecular flexibility index (Phi) is 27.7. The molecular weight excluding hydrogens is 1940 g/mol. The number of ketones is 4. The van der Waals surface area contributed by atoms with Gasteiger partial charge in [0.2, 0.25) is 23.8 Å². The zero-order valence-electron chi connectivity index (χ0n) is 69.2. The van der Waals surface area contributed by atoms with Gasteiger partial charge in [0.15, 0.2) is 23.1 Å². The molecule has 0 radical (unpaired) electrons. The Morgan fingerprint density at radius 1 is 0.399 bits per heavy atom. The Hall–Kier alpha value is -16.0. The lowest BCUT2D eigenvalue weighted by Crippen LogP contribution is -2.29. The fourth-order valence-corrected chi connectivity index (χ4v) is 18.2. The first-order valence-electron chi connectivity index (χ1n) is 38.5. The minimum Gasteiger partial charge on any atom is -0.508 e. The molecular formula is C84H58N14O34S6. The van der Waals surface area contributed by atoms with Crippen LogP contribution in [0.3, 0.4) is 0 Å². The second-order valence-electron chi connectivity index (χ2n) is 28.7. The zero-order valence-corrected chi connectivity index (χ0v) is 74.1. The number of rotatable bonds is 36. The third kappa shape index (κ3) is 19.8. The van der Waals surface area contributed by atoms with E-state index in [-0.39, 0.29) is 134 Å². The predicted molar refractivity (Wildman–Crippen MR) is 483 cm³/mol. The van der Waals surface area contributed by atoms with Gasteiger partial charge in [-0.05, 0) is 114 Å². The van der Waals surface area contributed by atoms with Crippen LogP contribution < -0.4 is 52.5 Å². The number of phenols is 1. The van der Waals surface area contributed by atoms with E-state index in [1.807, 2.05) is 6.79 Å². The molecule has 0 unspecified atom stereocenters. The van der Waals surface area contributed by atoms with E-state index in [1.165, 1.54) is 111 Å². The number of phenolic OH excluding ortho intramolecular Hbond substituents is 1. The smallest absolute Gasteiger partial charge is 0.335 e. The molecule has 10 aromatic carbocycles. The highest BCUT2D eigenvalue weighted by Gasteiger charge is 2.39. The van der Waals surface area contributed by atoms with Gasteiger partial charge in [0.1, 0.15) is 33.8 Å². The van der Waals surface area contributed by atoms with Crippen LogP contribution in [0.15, 0.2) is 221 Å². The van der Waals surface area contributed by atoms with Gasteiger partial charge >= 0.3 is 29.9 Å². The van der Waals surface area contributed by atoms with Crippen LogP contribution in [0.25, 0.3) is 44.1 Å². The number of nitrogens with zero attached hydrogens (tertiary/aromatic N) is 8. The van der Waals surface area contributed by atoms with Gasteiger partial charge < -0.3 is 75.7 Å². The van der Waals surface area contributed by atoms with Gasteiger partial charge in [-0.2, -0.15) is 55.2 Å². The molecule has 16 N–H and O–H groups in total. The van der Waals surface area contributed by atoms with E-state index >= 15 is 9.59 Å². The number of carboxylic acid groups (broad SMARTS) is 3. The van der Waals surface area contributed by atoms with E-state index in [9.17, 15) is 103 Å². The minimum atomic E-state index is -5.46. The van der Waals surface area contributed by atoms with E-state index in [4.69, 9.17) is 28.2 Å². The van der Waals surface area contributed by atoms with E-state index < -0.39 is 207 Å². The Bertz CT molecular complexity index is 8010. The average Bonchev–Trinajstić information content (AvgIpc) is 0.708. The van der Waals surface area contributed by atoms with Crippen LogP contribution in [0.5, 0.6) is 29.3 Å². The molecule has 0 atom stereocenters. The standard InChI is InChI=1S/C83H56N14O33S6.CH2O/c1-96-55-19-17-49(63-65(55)61(45-13-3-5-15-47(45)71(63)101)67(73(96)103)69(99)35-9-7-11-43(28-35)131-128-125-111)86-51-31-54(60(136(120,121)122)33-57(51)132-129-126-112)89-81-91-79(93-83(95-81)124-42-27-39(77(109)110)24-40(98)30-42)85-22-21-84-78-90-80(94-82(92-78)123-41-25-37(75(105)106)23-38(26-41)76(107)108)88-52-32-53(59(135(117,118)119)34-58(52)133-130-127-113)87-50-18-20-56-66-62(46-14-4-6-16-48(46)72(102)64(50)66)68(74(104)97(56)2)70(100)36-10-8-12-44(29-36)134(114,115)116;1-2/h3-20,23-34,86-87,98,111-113H,21-22H2,1-2H3,(H,105,106)(H,107,108)(H,109,110)(H,114,115,116)(H,117,118,119)(H,120,121,122)(H2,84,88,90,92,94)(H2,85,89,91,93,95);1H2. The Morgan fingerprint density at radius 3 is 1.25 bits per heavy atom. The summed E-state index contributed by atoms with van der Waals surface area (Å²) < 4.78 is 139. The largest absolute Gasteiger partial charge is 0.508 e. The summed E-state index contributed by atoms with van der Waals surface area (Å²) in [5, 5.41) is 97.0. The quantitative estimate of drug-likeness (QED) is 0.00433. The molecule has 2 aliphatic carbocycles. The maximum Gasteiger partial charge on any atom is 0.335 e. The summed E-state index contributed by atoms with van der Waals surface area (Å²) in [5.74, 6) is -12.1. The van der Waals surface area contributed by atoms with Crippen molar-refractivity contribution < 1.29 is 151 Å². The van der Waals surface area contributed by atoms with Crippen molar-refractivity contribution in [2.75, 3.05) is 45.0 Å². The lowest BCUT2D eigenvalue weighted by atomic mass is 9.80. The number of carbonyl (C=O) groups is 8. The predicted octanol–water partition coefficient (Wildman–Crippen LogP) is 12.4. The lowest BCUT2D eigenvalue weighted by molar-refractivity contribution is -0.432. The number of ether oxygens (including phenoxy) is 2. The first-order valence-corrected chi connectivity index (χ1v) is 45.0. The summed E-state index contributed by atoms with van der Waals surface area (Å²) in [4.78, 5) is 157. The molecule has 0 bridgehead atoms. The molecule has 48 nitrogen and oxygen atoms in total. The number of anilines is 10. The van der Waals surface area contributed by atoms with Gasteiger partial charge in [0, 0.05) is 82.3 Å². The number of aromatic nitrogens is 8. The van der Waals surface area contributed by atoms with E-state index in [1.54, 1.807) is 6.07 Å². The number of carbonyl (C=O) groups excluding carboxylic acids is 5. The van der Waals surface area contributed by atoms with Crippen molar-refractivity contribution >= 4 is 194 Å². The number of hydrogen-bond donors (Lipinski definition) is 16. The second kappa shape index (κ2) is 39.5. The van der Waals surface area contributed by atoms with Crippen molar-refractivity contribution in [3.8, 4) is 51.5 Å². The molecule has 4 heterocycles. The maximum atomic E-state index is 15.2. The highest BCUT2D eigenvalue weighted by Crippen LogP contribution is 2.50. The molecule has 704 valence electrons. The average molecular weight is 2000 g/mol. The van der Waals surface area contributed by atoms with Gasteiger partial charge in [-0.15, -0.1) is 13.0 Å². The number of benzene rings is 10. The zero-order chi connectivity index (χ0) is 98.8. The second-order valence-corrected chi connectivity index (χ2v) is 35.2. The summed E-state index contributed by atoms with van der Waals surface area (Å²) >= 11 is 0.768. The molecule has 0 saturated carbocycles. The lowest BCUT2D eigenvalue weighted by Gasteiger charge is -2.26. The van der Waals surface area contributed by atoms with E-state index in [0.717, 1.165) is 88.0 Å². The molecule has 138 heavy (non-hydrogen) atoms. The Balaban J connectivity index is 0.00000717. The van der Waals surface area contributed by atoms with Gasteiger partial charge in [-0.1, -0.05) is 87.9 Å². The molecule has 16 rings (SSSR count). The maximum absolute atomic E-state index is 15.2. The number of aromatic carboxylic acids is 3. The minimum absolute atomic E-state index is 0.00286. The van der Waals surface area contributed by atoms with E-state index in [2.05, 4.69) is 81.3 Å². The number of nitrogens with one attached hydrogen (secondary N) is 6. The van der Waals surface area contributed by atoms with Crippen LogP contribution in [0.1, 0.15) is 94.8 Å². The van der Waals surface area contributed by atoms with Gasteiger partial charge in [-0.25, -0.2) is 30.2 Å². The molecule has 14 aromatic rings. The molecule has 2 aliphatic rings. The number of pyridine rings is 2. The topological polar surface area (TPSA) is 709 Å². The number of hydrogen-bond acceptors (Lipinski definition) is 43. The van der Waals surface area contributed by atoms with Crippen molar-refractivity contribution in [1.29, 1.82) is 0 Å². The van der Waals surface area contributed by atoms with E-state index in [0.29, 0.717) is 12.0 Å². The van der Waals surface area contributed by atoms with Gasteiger partial charge in [0.25, 0.3) is 41.5 Å². The van der Waals surface area contributed by atoms with Crippen LogP contribution in [-0.2, 0) is 77.4 Å². The number of carboxylic acids is 3. The van der Waals surface area contributed by atoms with Crippen LogP contribution in [0, 0.1) is 0 Å². The molecule has 0 fully saturated rings. The summed E-state index contributed by atoms with van der Waals surface area (Å²) in [6, 6.07) is 34.4. The number of aryl methyl sites for hydroxylation is 2. The molecule has 0 spiro atoms. The fraction of sp³-hybridized carbons (Fsp3) is 0.0476. The summed E-state index contributed by atoms with van der Waals surface area (Å²) in [6.07, 6.45) is 0.